The van der Waals surface area contributed by atoms with Gasteiger partial charge in [0, 0.05) is 13.2 Å². The number of benzene rings is 1. The van der Waals surface area contributed by atoms with Crippen molar-refractivity contribution >= 4 is 0 Å². The lowest BCUT2D eigenvalue weighted by molar-refractivity contribution is 0.139. The molecule has 1 unspecified atom stereocenters. The highest BCUT2D eigenvalue weighted by Crippen LogP contribution is 2.17. The maximum absolute atomic E-state index is 5.46. The maximum atomic E-state index is 5.46. The fourth-order valence-corrected chi connectivity index (χ4v) is 2.53. The SMILES string of the molecule is CCCNCC(CCCOCC)Cc1ccccc1C. The molecule has 0 heterocycles. The molecule has 0 radical (unpaired) electrons. The summed E-state index contributed by atoms with van der Waals surface area (Å²) in [6.45, 7) is 10.5. The second-order valence-electron chi connectivity index (χ2n) is 5.54. The molecule has 1 rings (SSSR count). The van der Waals surface area contributed by atoms with E-state index in [0.717, 1.165) is 32.7 Å². The molecule has 2 heteroatoms. The summed E-state index contributed by atoms with van der Waals surface area (Å²) in [5, 5.41) is 3.57. The van der Waals surface area contributed by atoms with Crippen LogP contribution in [0.2, 0.25) is 0 Å². The molecule has 0 bridgehead atoms. The molecule has 20 heavy (non-hydrogen) atoms. The lowest BCUT2D eigenvalue weighted by atomic mass is 9.92. The summed E-state index contributed by atoms with van der Waals surface area (Å²) in [6.07, 6.45) is 4.79. The molecule has 0 amide bonds. The molecule has 1 aromatic rings. The molecule has 0 aliphatic heterocycles. The molecule has 2 nitrogen and oxygen atoms in total. The Morgan fingerprint density at radius 1 is 1.20 bits per heavy atom. The van der Waals surface area contributed by atoms with E-state index in [1.54, 1.807) is 0 Å². The largest absolute Gasteiger partial charge is 0.382 e. The van der Waals surface area contributed by atoms with Crippen LogP contribution in [0.5, 0.6) is 0 Å². The Balaban J connectivity index is 2.46. The van der Waals surface area contributed by atoms with E-state index < -0.39 is 0 Å². The van der Waals surface area contributed by atoms with Crippen molar-refractivity contribution in [1.82, 2.24) is 5.32 Å². The van der Waals surface area contributed by atoms with Crippen LogP contribution in [-0.4, -0.2) is 26.3 Å². The van der Waals surface area contributed by atoms with Gasteiger partial charge in [0.15, 0.2) is 0 Å². The van der Waals surface area contributed by atoms with Crippen molar-refractivity contribution in [3.8, 4) is 0 Å². The third-order valence-corrected chi connectivity index (χ3v) is 3.73. The zero-order valence-electron chi connectivity index (χ0n) is 13.5. The molecule has 1 atom stereocenters. The van der Waals surface area contributed by atoms with Gasteiger partial charge in [0.05, 0.1) is 0 Å². The molecule has 0 fully saturated rings. The topological polar surface area (TPSA) is 21.3 Å². The highest BCUT2D eigenvalue weighted by Gasteiger charge is 2.10. The number of nitrogens with one attached hydrogen (secondary N) is 1. The Kier molecular flexibility index (Phi) is 9.35. The van der Waals surface area contributed by atoms with Crippen molar-refractivity contribution in [1.29, 1.82) is 0 Å². The van der Waals surface area contributed by atoms with Crippen LogP contribution < -0.4 is 5.32 Å². The second kappa shape index (κ2) is 10.9. The number of rotatable bonds is 11. The van der Waals surface area contributed by atoms with Crippen molar-refractivity contribution in [3.05, 3.63) is 35.4 Å². The fourth-order valence-electron chi connectivity index (χ4n) is 2.53. The van der Waals surface area contributed by atoms with Gasteiger partial charge in [-0.2, -0.15) is 0 Å². The Labute approximate surface area is 124 Å². The molecule has 0 aliphatic carbocycles. The predicted octanol–water partition coefficient (Wildman–Crippen LogP) is 3.97. The molecular weight excluding hydrogens is 246 g/mol. The van der Waals surface area contributed by atoms with Crippen molar-refractivity contribution in [2.24, 2.45) is 5.92 Å². The second-order valence-corrected chi connectivity index (χ2v) is 5.54. The van der Waals surface area contributed by atoms with Gasteiger partial charge >= 0.3 is 0 Å². The number of ether oxygens (including phenoxy) is 1. The van der Waals surface area contributed by atoms with Crippen LogP contribution in [0.3, 0.4) is 0 Å². The number of hydrogen-bond acceptors (Lipinski definition) is 2. The van der Waals surface area contributed by atoms with E-state index in [2.05, 4.69) is 50.4 Å². The van der Waals surface area contributed by atoms with E-state index >= 15 is 0 Å². The van der Waals surface area contributed by atoms with Gasteiger partial charge in [-0.05, 0) is 69.7 Å². The lowest BCUT2D eigenvalue weighted by Gasteiger charge is -2.19. The first kappa shape index (κ1) is 17.2. The van der Waals surface area contributed by atoms with Crippen molar-refractivity contribution < 1.29 is 4.74 Å². The highest BCUT2D eigenvalue weighted by molar-refractivity contribution is 5.25. The van der Waals surface area contributed by atoms with Crippen LogP contribution in [0, 0.1) is 12.8 Å². The van der Waals surface area contributed by atoms with Crippen molar-refractivity contribution in [2.45, 2.75) is 46.5 Å². The van der Waals surface area contributed by atoms with Gasteiger partial charge in [0.2, 0.25) is 0 Å². The van der Waals surface area contributed by atoms with Gasteiger partial charge < -0.3 is 10.1 Å². The summed E-state index contributed by atoms with van der Waals surface area (Å²) >= 11 is 0. The van der Waals surface area contributed by atoms with Crippen LogP contribution in [0.1, 0.15) is 44.2 Å². The standard InChI is InChI=1S/C18H31NO/c1-4-12-19-15-17(10-8-13-20-5-2)14-18-11-7-6-9-16(18)3/h6-7,9,11,17,19H,4-5,8,10,12-15H2,1-3H3. The van der Waals surface area contributed by atoms with E-state index in [1.807, 2.05) is 0 Å². The van der Waals surface area contributed by atoms with Gasteiger partial charge in [0.25, 0.3) is 0 Å². The Morgan fingerprint density at radius 3 is 2.70 bits per heavy atom. The van der Waals surface area contributed by atoms with E-state index in [4.69, 9.17) is 4.74 Å². The molecule has 0 aromatic heterocycles. The lowest BCUT2D eigenvalue weighted by Crippen LogP contribution is -2.25. The third-order valence-electron chi connectivity index (χ3n) is 3.73. The van der Waals surface area contributed by atoms with Crippen LogP contribution in [0.25, 0.3) is 0 Å². The van der Waals surface area contributed by atoms with Gasteiger partial charge in [-0.1, -0.05) is 31.2 Å². The summed E-state index contributed by atoms with van der Waals surface area (Å²) < 4.78 is 5.46. The normalized spacial score (nSPS) is 12.6. The zero-order valence-corrected chi connectivity index (χ0v) is 13.5. The number of hydrogen-bond donors (Lipinski definition) is 1. The average Bonchev–Trinajstić information content (AvgIpc) is 2.46. The molecule has 0 saturated heterocycles. The molecule has 1 aromatic carbocycles. The first-order valence-electron chi connectivity index (χ1n) is 8.10. The van der Waals surface area contributed by atoms with Crippen LogP contribution in [0.4, 0.5) is 0 Å². The van der Waals surface area contributed by atoms with E-state index in [1.165, 1.54) is 30.4 Å². The summed E-state index contributed by atoms with van der Waals surface area (Å²) in [4.78, 5) is 0. The average molecular weight is 277 g/mol. The van der Waals surface area contributed by atoms with Crippen LogP contribution in [0.15, 0.2) is 24.3 Å². The minimum absolute atomic E-state index is 0.711. The van der Waals surface area contributed by atoms with Crippen LogP contribution in [-0.2, 0) is 11.2 Å². The monoisotopic (exact) mass is 277 g/mol. The van der Waals surface area contributed by atoms with Crippen molar-refractivity contribution in [3.63, 3.8) is 0 Å². The van der Waals surface area contributed by atoms with E-state index in [9.17, 15) is 0 Å². The number of aryl methyl sites for hydroxylation is 1. The van der Waals surface area contributed by atoms with Gasteiger partial charge in [-0.3, -0.25) is 0 Å². The van der Waals surface area contributed by atoms with E-state index in [0.29, 0.717) is 5.92 Å². The summed E-state index contributed by atoms with van der Waals surface area (Å²) in [7, 11) is 0. The first-order valence-corrected chi connectivity index (χ1v) is 8.10. The zero-order chi connectivity index (χ0) is 14.6. The molecule has 0 saturated carbocycles. The molecule has 0 aliphatic rings. The minimum Gasteiger partial charge on any atom is -0.382 e. The third kappa shape index (κ3) is 7.06. The van der Waals surface area contributed by atoms with Gasteiger partial charge in [-0.25, -0.2) is 0 Å². The summed E-state index contributed by atoms with van der Waals surface area (Å²) in [5.41, 5.74) is 2.91. The highest BCUT2D eigenvalue weighted by atomic mass is 16.5. The fraction of sp³-hybridized carbons (Fsp3) is 0.667. The molecular formula is C18H31NO. The molecule has 0 spiro atoms. The Bertz CT molecular complexity index is 351. The van der Waals surface area contributed by atoms with Gasteiger partial charge in [0.1, 0.15) is 0 Å². The Hall–Kier alpha value is -0.860. The quantitative estimate of drug-likeness (QED) is 0.618. The maximum Gasteiger partial charge on any atom is 0.0466 e. The summed E-state index contributed by atoms with van der Waals surface area (Å²) in [6, 6.07) is 8.76. The van der Waals surface area contributed by atoms with Gasteiger partial charge in [-0.15, -0.1) is 0 Å². The smallest absolute Gasteiger partial charge is 0.0466 e. The molecule has 114 valence electrons. The molecule has 1 N–H and O–H groups in total. The van der Waals surface area contributed by atoms with Crippen LogP contribution >= 0.6 is 0 Å². The Morgan fingerprint density at radius 2 is 2.00 bits per heavy atom. The van der Waals surface area contributed by atoms with Crippen molar-refractivity contribution in [2.75, 3.05) is 26.3 Å². The van der Waals surface area contributed by atoms with E-state index in [-0.39, 0.29) is 0 Å². The summed E-state index contributed by atoms with van der Waals surface area (Å²) in [5.74, 6) is 0.711. The minimum atomic E-state index is 0.711. The first-order chi connectivity index (χ1) is 9.77. The predicted molar refractivity (Wildman–Crippen MR) is 87.3 cm³/mol.